The first kappa shape index (κ1) is 14.4. The van der Waals surface area contributed by atoms with Gasteiger partial charge in [-0.2, -0.15) is 0 Å². The summed E-state index contributed by atoms with van der Waals surface area (Å²) in [5.41, 5.74) is 1.71. The Morgan fingerprint density at radius 1 is 1.23 bits per heavy atom. The zero-order valence-electron chi connectivity index (χ0n) is 12.5. The second-order valence-corrected chi connectivity index (χ2v) is 5.36. The number of ether oxygens (including phenoxy) is 1. The van der Waals surface area contributed by atoms with E-state index in [0.29, 0.717) is 11.9 Å². The largest absolute Gasteiger partial charge is 0.481 e. The van der Waals surface area contributed by atoms with Crippen molar-refractivity contribution in [3.05, 3.63) is 54.2 Å². The third-order valence-electron chi connectivity index (χ3n) is 3.58. The molecule has 1 amide bonds. The molecule has 114 valence electrons. The van der Waals surface area contributed by atoms with E-state index >= 15 is 0 Å². The van der Waals surface area contributed by atoms with Gasteiger partial charge in [0.2, 0.25) is 11.8 Å². The first-order chi connectivity index (χ1) is 10.8. The van der Waals surface area contributed by atoms with Crippen molar-refractivity contribution in [2.45, 2.75) is 24.9 Å². The SMILES string of the molecule is COc1ccc(N[C@@H](C(=O)NC2CC2)c2ccccc2)cn1. The zero-order valence-corrected chi connectivity index (χ0v) is 12.5. The standard InChI is InChI=1S/C17H19N3O2/c1-22-15-10-9-14(11-18-15)19-16(12-5-3-2-4-6-12)17(21)20-13-7-8-13/h2-6,9-11,13,16,19H,7-8H2,1H3,(H,20,21)/t16-/m1/s1. The number of aromatic nitrogens is 1. The van der Waals surface area contributed by atoms with Crippen molar-refractivity contribution in [1.29, 1.82) is 0 Å². The monoisotopic (exact) mass is 297 g/mol. The molecule has 1 aromatic heterocycles. The fraction of sp³-hybridized carbons (Fsp3) is 0.294. The maximum Gasteiger partial charge on any atom is 0.247 e. The number of nitrogens with one attached hydrogen (secondary N) is 2. The lowest BCUT2D eigenvalue weighted by Gasteiger charge is -2.20. The zero-order chi connectivity index (χ0) is 15.4. The van der Waals surface area contributed by atoms with Crippen LogP contribution in [0.5, 0.6) is 5.88 Å². The third-order valence-corrected chi connectivity index (χ3v) is 3.58. The lowest BCUT2D eigenvalue weighted by atomic mass is 10.1. The molecular formula is C17H19N3O2. The van der Waals surface area contributed by atoms with Crippen LogP contribution < -0.4 is 15.4 Å². The molecule has 2 aromatic rings. The Kier molecular flexibility index (Phi) is 4.23. The molecule has 5 nitrogen and oxygen atoms in total. The normalized spacial score (nSPS) is 15.0. The van der Waals surface area contributed by atoms with E-state index in [0.717, 1.165) is 24.1 Å². The molecule has 1 aromatic carbocycles. The molecule has 0 aliphatic heterocycles. The quantitative estimate of drug-likeness (QED) is 0.860. The van der Waals surface area contributed by atoms with Gasteiger partial charge in [-0.15, -0.1) is 0 Å². The molecule has 0 saturated heterocycles. The van der Waals surface area contributed by atoms with Crippen molar-refractivity contribution in [2.24, 2.45) is 0 Å². The highest BCUT2D eigenvalue weighted by Gasteiger charge is 2.28. The highest BCUT2D eigenvalue weighted by Crippen LogP contribution is 2.24. The number of nitrogens with zero attached hydrogens (tertiary/aromatic N) is 1. The summed E-state index contributed by atoms with van der Waals surface area (Å²) in [6.45, 7) is 0. The van der Waals surface area contributed by atoms with Gasteiger partial charge < -0.3 is 15.4 Å². The topological polar surface area (TPSA) is 63.2 Å². The molecule has 0 spiro atoms. The van der Waals surface area contributed by atoms with Crippen LogP contribution in [0.4, 0.5) is 5.69 Å². The first-order valence-electron chi connectivity index (χ1n) is 7.38. The van der Waals surface area contributed by atoms with Gasteiger partial charge in [0.1, 0.15) is 6.04 Å². The minimum atomic E-state index is -0.433. The van der Waals surface area contributed by atoms with Crippen LogP contribution in [-0.4, -0.2) is 24.0 Å². The van der Waals surface area contributed by atoms with Crippen molar-refractivity contribution in [3.8, 4) is 5.88 Å². The summed E-state index contributed by atoms with van der Waals surface area (Å²) in [4.78, 5) is 16.7. The third kappa shape index (κ3) is 3.55. The molecule has 3 rings (SSSR count). The molecule has 1 heterocycles. The summed E-state index contributed by atoms with van der Waals surface area (Å²) in [5.74, 6) is 0.536. The van der Waals surface area contributed by atoms with Crippen LogP contribution in [0, 0.1) is 0 Å². The molecular weight excluding hydrogens is 278 g/mol. The van der Waals surface area contributed by atoms with Crippen molar-refractivity contribution >= 4 is 11.6 Å². The van der Waals surface area contributed by atoms with E-state index in [9.17, 15) is 4.79 Å². The summed E-state index contributed by atoms with van der Waals surface area (Å²) in [7, 11) is 1.57. The molecule has 0 bridgehead atoms. The number of anilines is 1. The summed E-state index contributed by atoms with van der Waals surface area (Å²) in [5, 5.41) is 6.30. The second kappa shape index (κ2) is 6.47. The average Bonchev–Trinajstić information content (AvgIpc) is 3.38. The number of amides is 1. The van der Waals surface area contributed by atoms with E-state index in [1.807, 2.05) is 36.4 Å². The smallest absolute Gasteiger partial charge is 0.247 e. The number of carbonyl (C=O) groups is 1. The van der Waals surface area contributed by atoms with Crippen LogP contribution in [0.25, 0.3) is 0 Å². The number of hydrogen-bond acceptors (Lipinski definition) is 4. The summed E-state index contributed by atoms with van der Waals surface area (Å²) in [6, 6.07) is 13.2. The van der Waals surface area contributed by atoms with Crippen molar-refractivity contribution in [3.63, 3.8) is 0 Å². The maximum absolute atomic E-state index is 12.5. The molecule has 1 aliphatic carbocycles. The van der Waals surface area contributed by atoms with Gasteiger partial charge in [0.15, 0.2) is 0 Å². The van der Waals surface area contributed by atoms with Crippen molar-refractivity contribution in [2.75, 3.05) is 12.4 Å². The number of hydrogen-bond donors (Lipinski definition) is 2. The summed E-state index contributed by atoms with van der Waals surface area (Å²) in [6.07, 6.45) is 3.80. The van der Waals surface area contributed by atoms with E-state index in [-0.39, 0.29) is 5.91 Å². The van der Waals surface area contributed by atoms with Crippen molar-refractivity contribution < 1.29 is 9.53 Å². The van der Waals surface area contributed by atoms with E-state index in [2.05, 4.69) is 15.6 Å². The molecule has 2 N–H and O–H groups in total. The molecule has 1 fully saturated rings. The van der Waals surface area contributed by atoms with Gasteiger partial charge in [-0.05, 0) is 24.5 Å². The highest BCUT2D eigenvalue weighted by atomic mass is 16.5. The Balaban J connectivity index is 1.79. The Morgan fingerprint density at radius 3 is 2.59 bits per heavy atom. The van der Waals surface area contributed by atoms with E-state index in [1.165, 1.54) is 0 Å². The van der Waals surface area contributed by atoms with Gasteiger partial charge in [-0.25, -0.2) is 4.98 Å². The average molecular weight is 297 g/mol. The Morgan fingerprint density at radius 2 is 2.00 bits per heavy atom. The number of methoxy groups -OCH3 is 1. The number of pyridine rings is 1. The van der Waals surface area contributed by atoms with E-state index in [1.54, 1.807) is 19.4 Å². The number of benzene rings is 1. The molecule has 1 aliphatic rings. The van der Waals surface area contributed by atoms with Crippen LogP contribution in [-0.2, 0) is 4.79 Å². The van der Waals surface area contributed by atoms with E-state index < -0.39 is 6.04 Å². The lowest BCUT2D eigenvalue weighted by molar-refractivity contribution is -0.122. The number of rotatable bonds is 6. The van der Waals surface area contributed by atoms with Crippen molar-refractivity contribution in [1.82, 2.24) is 10.3 Å². The van der Waals surface area contributed by atoms with Crippen LogP contribution in [0.3, 0.4) is 0 Å². The first-order valence-corrected chi connectivity index (χ1v) is 7.38. The van der Waals surface area contributed by atoms with Crippen LogP contribution in [0.15, 0.2) is 48.7 Å². The van der Waals surface area contributed by atoms with Crippen LogP contribution in [0.2, 0.25) is 0 Å². The molecule has 0 radical (unpaired) electrons. The van der Waals surface area contributed by atoms with Crippen LogP contribution in [0.1, 0.15) is 24.4 Å². The van der Waals surface area contributed by atoms with Gasteiger partial charge in [0, 0.05) is 12.1 Å². The Labute approximate surface area is 129 Å². The molecule has 1 atom stereocenters. The molecule has 5 heteroatoms. The fourth-order valence-corrected chi connectivity index (χ4v) is 2.21. The van der Waals surface area contributed by atoms with Gasteiger partial charge in [-0.3, -0.25) is 4.79 Å². The molecule has 22 heavy (non-hydrogen) atoms. The Hall–Kier alpha value is -2.56. The summed E-state index contributed by atoms with van der Waals surface area (Å²) < 4.78 is 5.05. The highest BCUT2D eigenvalue weighted by molar-refractivity contribution is 5.86. The van der Waals surface area contributed by atoms with Gasteiger partial charge in [0.05, 0.1) is 19.0 Å². The van der Waals surface area contributed by atoms with Crippen LogP contribution >= 0.6 is 0 Å². The van der Waals surface area contributed by atoms with Gasteiger partial charge in [0.25, 0.3) is 0 Å². The predicted octanol–water partition coefficient (Wildman–Crippen LogP) is 2.52. The molecule has 1 saturated carbocycles. The number of carbonyl (C=O) groups excluding carboxylic acids is 1. The minimum absolute atomic E-state index is 0.00971. The van der Waals surface area contributed by atoms with Gasteiger partial charge >= 0.3 is 0 Å². The van der Waals surface area contributed by atoms with Gasteiger partial charge in [-0.1, -0.05) is 30.3 Å². The van der Waals surface area contributed by atoms with E-state index in [4.69, 9.17) is 4.74 Å². The maximum atomic E-state index is 12.5. The lowest BCUT2D eigenvalue weighted by Crippen LogP contribution is -2.34. The summed E-state index contributed by atoms with van der Waals surface area (Å²) >= 11 is 0. The minimum Gasteiger partial charge on any atom is -0.481 e. The predicted molar refractivity (Wildman–Crippen MR) is 84.8 cm³/mol. The molecule has 0 unspecified atom stereocenters. The fourth-order valence-electron chi connectivity index (χ4n) is 2.21. The Bertz CT molecular complexity index is 624. The second-order valence-electron chi connectivity index (χ2n) is 5.36.